The minimum Gasteiger partial charge on any atom is -0.378 e. The second-order valence-corrected chi connectivity index (χ2v) is 11.1. The van der Waals surface area contributed by atoms with Crippen LogP contribution in [0.4, 0.5) is 11.4 Å². The lowest BCUT2D eigenvalue weighted by molar-refractivity contribution is -0.127. The largest absolute Gasteiger partial charge is 0.378 e. The van der Waals surface area contributed by atoms with Crippen LogP contribution in [0.25, 0.3) is 11.0 Å². The maximum absolute atomic E-state index is 14.4. The number of carbonyl (C=O) groups excluding carboxylic acids is 3. The molecule has 0 saturated carbocycles. The van der Waals surface area contributed by atoms with Gasteiger partial charge in [-0.25, -0.2) is 4.68 Å². The first kappa shape index (κ1) is 29.5. The quantitative estimate of drug-likeness (QED) is 0.276. The van der Waals surface area contributed by atoms with Crippen LogP contribution in [0, 0.1) is 0 Å². The van der Waals surface area contributed by atoms with Gasteiger partial charge in [0.15, 0.2) is 5.78 Å². The number of rotatable bonds is 10. The van der Waals surface area contributed by atoms with E-state index in [4.69, 9.17) is 9.47 Å². The molecule has 2 fully saturated rings. The molecule has 0 radical (unpaired) electrons. The molecule has 0 unspecified atom stereocenters. The van der Waals surface area contributed by atoms with Gasteiger partial charge < -0.3 is 19.7 Å². The fourth-order valence-corrected chi connectivity index (χ4v) is 5.77. The molecule has 1 N–H and O–H groups in total. The molecule has 4 aromatic rings. The first-order valence-corrected chi connectivity index (χ1v) is 15.0. The van der Waals surface area contributed by atoms with Crippen molar-refractivity contribution < 1.29 is 23.9 Å². The van der Waals surface area contributed by atoms with Crippen molar-refractivity contribution in [2.45, 2.75) is 38.5 Å². The lowest BCUT2D eigenvalue weighted by atomic mass is 10.0. The molecule has 1 aromatic heterocycles. The van der Waals surface area contributed by atoms with E-state index in [0.29, 0.717) is 54.2 Å². The van der Waals surface area contributed by atoms with Gasteiger partial charge in [0.05, 0.1) is 24.8 Å². The third-order valence-electron chi connectivity index (χ3n) is 8.12. The van der Waals surface area contributed by atoms with Gasteiger partial charge in [-0.1, -0.05) is 41.6 Å². The molecule has 2 amide bonds. The monoisotopic (exact) mass is 596 g/mol. The Morgan fingerprint density at radius 3 is 2.55 bits per heavy atom. The van der Waals surface area contributed by atoms with Crippen molar-refractivity contribution in [2.24, 2.45) is 0 Å². The van der Waals surface area contributed by atoms with Crippen LogP contribution in [0.1, 0.15) is 41.7 Å². The smallest absolute Gasteiger partial charge is 0.249 e. The molecule has 44 heavy (non-hydrogen) atoms. The Kier molecular flexibility index (Phi) is 8.94. The lowest BCUT2D eigenvalue weighted by Crippen LogP contribution is -2.46. The predicted molar refractivity (Wildman–Crippen MR) is 166 cm³/mol. The average Bonchev–Trinajstić information content (AvgIpc) is 3.73. The van der Waals surface area contributed by atoms with Gasteiger partial charge in [-0.05, 0) is 61.7 Å². The molecule has 11 heteroatoms. The molecule has 3 aromatic carbocycles. The van der Waals surface area contributed by atoms with Gasteiger partial charge in [0.2, 0.25) is 11.8 Å². The minimum absolute atomic E-state index is 0.0741. The van der Waals surface area contributed by atoms with E-state index >= 15 is 0 Å². The van der Waals surface area contributed by atoms with Crippen LogP contribution in [-0.2, 0) is 25.6 Å². The van der Waals surface area contributed by atoms with Gasteiger partial charge in [-0.15, -0.1) is 5.10 Å². The summed E-state index contributed by atoms with van der Waals surface area (Å²) in [5.41, 5.74) is 3.88. The highest BCUT2D eigenvalue weighted by Gasteiger charge is 2.34. The summed E-state index contributed by atoms with van der Waals surface area (Å²) in [6, 6.07) is 20.9. The summed E-state index contributed by atoms with van der Waals surface area (Å²) in [5.74, 6) is -0.865. The van der Waals surface area contributed by atoms with Crippen molar-refractivity contribution in [3.63, 3.8) is 0 Å². The van der Waals surface area contributed by atoms with Crippen molar-refractivity contribution in [2.75, 3.05) is 49.3 Å². The number of amides is 2. The van der Waals surface area contributed by atoms with Crippen molar-refractivity contribution in [1.82, 2.24) is 20.3 Å². The number of nitrogens with zero attached hydrogens (tertiary/aromatic N) is 5. The molecule has 0 aliphatic carbocycles. The Bertz CT molecular complexity index is 1630. The topological polar surface area (TPSA) is 119 Å². The third kappa shape index (κ3) is 6.48. The Morgan fingerprint density at radius 2 is 1.80 bits per heavy atom. The molecule has 11 nitrogen and oxygen atoms in total. The summed E-state index contributed by atoms with van der Waals surface area (Å²) >= 11 is 0. The van der Waals surface area contributed by atoms with E-state index in [1.165, 1.54) is 16.5 Å². The zero-order chi connectivity index (χ0) is 30.5. The van der Waals surface area contributed by atoms with Gasteiger partial charge in [0.1, 0.15) is 18.1 Å². The molecule has 0 bridgehead atoms. The number of Topliss-reactive ketones (excluding diaryl/α,β-unsaturated/α-hetero) is 1. The number of nitrogens with one attached hydrogen (secondary N) is 1. The maximum atomic E-state index is 14.4. The Hall–Kier alpha value is -4.61. The van der Waals surface area contributed by atoms with Crippen LogP contribution in [-0.4, -0.2) is 78.2 Å². The highest BCUT2D eigenvalue weighted by atomic mass is 16.5. The normalized spacial score (nSPS) is 17.4. The summed E-state index contributed by atoms with van der Waals surface area (Å²) in [4.78, 5) is 44.6. The molecular formula is C33H36N6O5. The number of aromatic nitrogens is 3. The first-order chi connectivity index (χ1) is 21.5. The molecule has 2 aliphatic rings. The number of morpholine rings is 1. The fraction of sp³-hybridized carbons (Fsp3) is 0.364. The Labute approximate surface area is 255 Å². The van der Waals surface area contributed by atoms with Crippen LogP contribution < -0.4 is 15.1 Å². The zero-order valence-corrected chi connectivity index (χ0v) is 24.7. The standard InChI is InChI=1S/C33H36N6O5/c1-23(40)25-6-4-7-27(20-25)39(31(41)22-38-30-10-3-2-9-29(30)35-36-38)32(33(42)34-21-28-8-5-17-44-28)24-11-13-26(14-12-24)37-15-18-43-19-16-37/h2-4,6-7,9-14,20,28,32H,5,8,15-19,21-22H2,1H3,(H,34,42)/t28-,32+/m1/s1. The summed E-state index contributed by atoms with van der Waals surface area (Å²) in [6.07, 6.45) is 1.73. The van der Waals surface area contributed by atoms with Crippen LogP contribution in [0.5, 0.6) is 0 Å². The second kappa shape index (κ2) is 13.4. The van der Waals surface area contributed by atoms with E-state index in [1.54, 1.807) is 24.3 Å². The highest BCUT2D eigenvalue weighted by molar-refractivity contribution is 6.03. The number of benzene rings is 3. The number of carbonyl (C=O) groups is 3. The molecule has 6 rings (SSSR count). The second-order valence-electron chi connectivity index (χ2n) is 11.1. The average molecular weight is 597 g/mol. The summed E-state index contributed by atoms with van der Waals surface area (Å²) < 4.78 is 12.8. The first-order valence-electron chi connectivity index (χ1n) is 15.0. The summed E-state index contributed by atoms with van der Waals surface area (Å²) in [6.45, 7) is 5.18. The number of hydrogen-bond acceptors (Lipinski definition) is 8. The number of fused-ring (bicyclic) bond motifs is 1. The Morgan fingerprint density at radius 1 is 1.00 bits per heavy atom. The van der Waals surface area contributed by atoms with Crippen molar-refractivity contribution in [3.8, 4) is 0 Å². The van der Waals surface area contributed by atoms with Gasteiger partial charge in [-0.2, -0.15) is 0 Å². The van der Waals surface area contributed by atoms with Gasteiger partial charge in [0, 0.05) is 43.2 Å². The molecule has 3 heterocycles. The number of hydrogen-bond donors (Lipinski definition) is 1. The third-order valence-corrected chi connectivity index (χ3v) is 8.12. The van der Waals surface area contributed by atoms with Crippen LogP contribution in [0.15, 0.2) is 72.8 Å². The van der Waals surface area contributed by atoms with Gasteiger partial charge >= 0.3 is 0 Å². The predicted octanol–water partition coefficient (Wildman–Crippen LogP) is 3.54. The van der Waals surface area contributed by atoms with E-state index < -0.39 is 6.04 Å². The molecule has 2 atom stereocenters. The molecule has 228 valence electrons. The number of anilines is 2. The maximum Gasteiger partial charge on any atom is 0.249 e. The number of ether oxygens (including phenoxy) is 2. The van der Waals surface area contributed by atoms with Crippen molar-refractivity contribution >= 4 is 40.0 Å². The van der Waals surface area contributed by atoms with Crippen molar-refractivity contribution in [1.29, 1.82) is 0 Å². The summed E-state index contributed by atoms with van der Waals surface area (Å²) in [5, 5.41) is 11.5. The SMILES string of the molecule is CC(=O)c1cccc(N(C(=O)Cn2nnc3ccccc32)[C@H](C(=O)NC[C@H]2CCCO2)c2ccc(N3CCOCC3)cc2)c1. The number of para-hydroxylation sites is 1. The van der Waals surface area contributed by atoms with Crippen LogP contribution >= 0.6 is 0 Å². The van der Waals surface area contributed by atoms with Crippen LogP contribution in [0.2, 0.25) is 0 Å². The molecular weight excluding hydrogens is 560 g/mol. The van der Waals surface area contributed by atoms with Crippen LogP contribution in [0.3, 0.4) is 0 Å². The lowest BCUT2D eigenvalue weighted by Gasteiger charge is -2.33. The minimum atomic E-state index is -1.03. The fourth-order valence-electron chi connectivity index (χ4n) is 5.77. The Balaban J connectivity index is 1.39. The summed E-state index contributed by atoms with van der Waals surface area (Å²) in [7, 11) is 0. The van der Waals surface area contributed by atoms with E-state index in [9.17, 15) is 14.4 Å². The molecule has 2 aliphatic heterocycles. The van der Waals surface area contributed by atoms with E-state index in [-0.39, 0.29) is 30.2 Å². The van der Waals surface area contributed by atoms with E-state index in [0.717, 1.165) is 31.6 Å². The number of ketones is 1. The molecule has 2 saturated heterocycles. The van der Waals surface area contributed by atoms with Crippen molar-refractivity contribution in [3.05, 3.63) is 83.9 Å². The van der Waals surface area contributed by atoms with Gasteiger partial charge in [0.25, 0.3) is 0 Å². The zero-order valence-electron chi connectivity index (χ0n) is 24.7. The molecule has 0 spiro atoms. The van der Waals surface area contributed by atoms with Gasteiger partial charge in [-0.3, -0.25) is 19.3 Å². The van der Waals surface area contributed by atoms with E-state index in [1.807, 2.05) is 48.5 Å². The highest BCUT2D eigenvalue weighted by Crippen LogP contribution is 2.31. The van der Waals surface area contributed by atoms with E-state index in [2.05, 4.69) is 20.5 Å².